The Morgan fingerprint density at radius 3 is 2.50 bits per heavy atom. The summed E-state index contributed by atoms with van der Waals surface area (Å²) in [5, 5.41) is 0. The normalized spacial score (nSPS) is 25.2. The van der Waals surface area contributed by atoms with E-state index in [1.54, 1.807) is 28.6 Å². The van der Waals surface area contributed by atoms with Crippen LogP contribution in [-0.2, 0) is 10.0 Å². The molecule has 2 aliphatic rings. The maximum Gasteiger partial charge on any atom is 0.243 e. The Labute approximate surface area is 137 Å². The first-order valence-electron chi connectivity index (χ1n) is 8.05. The van der Waals surface area contributed by atoms with Crippen molar-refractivity contribution in [1.82, 2.24) is 9.21 Å². The number of sulfonamides is 1. The summed E-state index contributed by atoms with van der Waals surface area (Å²) >= 11 is 1.89. The van der Waals surface area contributed by atoms with Crippen LogP contribution < -0.4 is 0 Å². The van der Waals surface area contributed by atoms with Gasteiger partial charge in [0, 0.05) is 24.9 Å². The summed E-state index contributed by atoms with van der Waals surface area (Å²) in [4.78, 5) is 2.85. The van der Waals surface area contributed by atoms with Crippen LogP contribution in [0.3, 0.4) is 0 Å². The second kappa shape index (κ2) is 7.34. The summed E-state index contributed by atoms with van der Waals surface area (Å²) in [6.07, 6.45) is 3.42. The lowest BCUT2D eigenvalue weighted by molar-refractivity contribution is 0.243. The van der Waals surface area contributed by atoms with Crippen molar-refractivity contribution in [2.75, 3.05) is 37.7 Å². The second-order valence-electron chi connectivity index (χ2n) is 6.02. The minimum Gasteiger partial charge on any atom is -0.302 e. The molecule has 1 aromatic rings. The quantitative estimate of drug-likeness (QED) is 0.843. The molecule has 0 spiro atoms. The molecule has 1 unspecified atom stereocenters. The highest BCUT2D eigenvalue weighted by Crippen LogP contribution is 2.25. The molecule has 0 amide bonds. The third kappa shape index (κ3) is 3.67. The Morgan fingerprint density at radius 1 is 1.05 bits per heavy atom. The van der Waals surface area contributed by atoms with E-state index in [4.69, 9.17) is 0 Å². The Morgan fingerprint density at radius 2 is 1.77 bits per heavy atom. The topological polar surface area (TPSA) is 40.6 Å². The van der Waals surface area contributed by atoms with Crippen molar-refractivity contribution in [3.05, 3.63) is 30.3 Å². The fraction of sp³-hybridized carbons (Fsp3) is 0.625. The van der Waals surface area contributed by atoms with Crippen molar-refractivity contribution in [1.29, 1.82) is 0 Å². The highest BCUT2D eigenvalue weighted by molar-refractivity contribution is 7.99. The zero-order valence-corrected chi connectivity index (χ0v) is 14.5. The van der Waals surface area contributed by atoms with E-state index in [1.165, 1.54) is 12.8 Å². The summed E-state index contributed by atoms with van der Waals surface area (Å²) < 4.78 is 27.8. The first-order valence-corrected chi connectivity index (χ1v) is 10.6. The van der Waals surface area contributed by atoms with E-state index in [9.17, 15) is 8.42 Å². The van der Waals surface area contributed by atoms with Gasteiger partial charge in [-0.25, -0.2) is 8.42 Å². The SMILES string of the molecule is O=S(=O)(c1ccccc1)N1CCCSCC1CN1CCCC1. The van der Waals surface area contributed by atoms with E-state index in [2.05, 4.69) is 4.90 Å². The van der Waals surface area contributed by atoms with Gasteiger partial charge in [0.25, 0.3) is 0 Å². The number of likely N-dealkylation sites (tertiary alicyclic amines) is 1. The highest BCUT2D eigenvalue weighted by Gasteiger charge is 2.33. The molecular formula is C16H24N2O2S2. The van der Waals surface area contributed by atoms with E-state index in [0.29, 0.717) is 11.4 Å². The van der Waals surface area contributed by atoms with Gasteiger partial charge in [0.1, 0.15) is 0 Å². The van der Waals surface area contributed by atoms with Crippen molar-refractivity contribution in [2.24, 2.45) is 0 Å². The van der Waals surface area contributed by atoms with Gasteiger partial charge in [-0.15, -0.1) is 0 Å². The molecule has 0 N–H and O–H groups in total. The number of hydrogen-bond donors (Lipinski definition) is 0. The molecule has 2 fully saturated rings. The molecule has 22 heavy (non-hydrogen) atoms. The largest absolute Gasteiger partial charge is 0.302 e. The monoisotopic (exact) mass is 340 g/mol. The molecule has 2 aliphatic heterocycles. The molecule has 2 saturated heterocycles. The van der Waals surface area contributed by atoms with Gasteiger partial charge in [-0.3, -0.25) is 0 Å². The Kier molecular flexibility index (Phi) is 5.44. The molecule has 1 atom stereocenters. The van der Waals surface area contributed by atoms with E-state index in [-0.39, 0.29) is 6.04 Å². The van der Waals surface area contributed by atoms with Crippen LogP contribution in [0, 0.1) is 0 Å². The lowest BCUT2D eigenvalue weighted by Crippen LogP contribution is -2.47. The molecule has 1 aromatic carbocycles. The van der Waals surface area contributed by atoms with Gasteiger partial charge < -0.3 is 4.90 Å². The molecule has 6 heteroatoms. The molecular weight excluding hydrogens is 316 g/mol. The fourth-order valence-electron chi connectivity index (χ4n) is 3.26. The standard InChI is InChI=1S/C16H24N2O2S2/c19-22(20,16-7-2-1-3-8-16)18-11-6-12-21-14-15(18)13-17-9-4-5-10-17/h1-3,7-8,15H,4-6,9-14H2. The fourth-order valence-corrected chi connectivity index (χ4v) is 6.09. The predicted octanol–water partition coefficient (Wildman–Crippen LogP) is 2.28. The molecule has 0 aromatic heterocycles. The van der Waals surface area contributed by atoms with Gasteiger partial charge in [-0.05, 0) is 50.2 Å². The number of benzene rings is 1. The van der Waals surface area contributed by atoms with E-state index >= 15 is 0 Å². The Hall–Kier alpha value is -0.560. The van der Waals surface area contributed by atoms with Crippen molar-refractivity contribution < 1.29 is 8.42 Å². The number of thioether (sulfide) groups is 1. The summed E-state index contributed by atoms with van der Waals surface area (Å²) in [5.41, 5.74) is 0. The van der Waals surface area contributed by atoms with Gasteiger partial charge in [-0.1, -0.05) is 18.2 Å². The smallest absolute Gasteiger partial charge is 0.243 e. The van der Waals surface area contributed by atoms with Gasteiger partial charge in [0.05, 0.1) is 4.90 Å². The zero-order valence-electron chi connectivity index (χ0n) is 12.9. The Balaban J connectivity index is 1.83. The third-order valence-corrected chi connectivity index (χ3v) is 7.57. The van der Waals surface area contributed by atoms with Crippen LogP contribution in [0.15, 0.2) is 35.2 Å². The molecule has 0 radical (unpaired) electrons. The molecule has 3 rings (SSSR count). The number of hydrogen-bond acceptors (Lipinski definition) is 4. The second-order valence-corrected chi connectivity index (χ2v) is 9.06. The molecule has 122 valence electrons. The zero-order chi connectivity index (χ0) is 15.4. The van der Waals surface area contributed by atoms with Crippen molar-refractivity contribution in [2.45, 2.75) is 30.2 Å². The van der Waals surface area contributed by atoms with Gasteiger partial charge in [0.2, 0.25) is 10.0 Å². The first kappa shape index (κ1) is 16.3. The summed E-state index contributed by atoms with van der Waals surface area (Å²) in [6.45, 7) is 3.74. The average molecular weight is 341 g/mol. The Bertz CT molecular complexity index is 571. The van der Waals surface area contributed by atoms with Crippen LogP contribution in [-0.4, -0.2) is 61.3 Å². The van der Waals surface area contributed by atoms with Gasteiger partial charge >= 0.3 is 0 Å². The lowest BCUT2D eigenvalue weighted by atomic mass is 10.3. The molecule has 0 saturated carbocycles. The highest BCUT2D eigenvalue weighted by atomic mass is 32.2. The van der Waals surface area contributed by atoms with Crippen LogP contribution in [0.4, 0.5) is 0 Å². The number of nitrogens with zero attached hydrogens (tertiary/aromatic N) is 2. The molecule has 2 heterocycles. The maximum atomic E-state index is 13.0. The molecule has 4 nitrogen and oxygen atoms in total. The summed E-state index contributed by atoms with van der Waals surface area (Å²) in [7, 11) is -3.38. The van der Waals surface area contributed by atoms with Crippen molar-refractivity contribution in [3.8, 4) is 0 Å². The van der Waals surface area contributed by atoms with E-state index < -0.39 is 10.0 Å². The van der Waals surface area contributed by atoms with E-state index in [0.717, 1.165) is 37.6 Å². The van der Waals surface area contributed by atoms with Crippen LogP contribution in [0.1, 0.15) is 19.3 Å². The first-order chi connectivity index (χ1) is 10.7. The average Bonchev–Trinajstić information content (AvgIpc) is 2.92. The van der Waals surface area contributed by atoms with Crippen molar-refractivity contribution in [3.63, 3.8) is 0 Å². The minimum atomic E-state index is -3.38. The third-order valence-electron chi connectivity index (χ3n) is 4.40. The van der Waals surface area contributed by atoms with Crippen LogP contribution in [0.25, 0.3) is 0 Å². The maximum absolute atomic E-state index is 13.0. The molecule has 0 aliphatic carbocycles. The van der Waals surface area contributed by atoms with Crippen LogP contribution in [0.5, 0.6) is 0 Å². The van der Waals surface area contributed by atoms with Crippen LogP contribution >= 0.6 is 11.8 Å². The molecule has 0 bridgehead atoms. The summed E-state index contributed by atoms with van der Waals surface area (Å²) in [6, 6.07) is 8.97. The minimum absolute atomic E-state index is 0.0933. The summed E-state index contributed by atoms with van der Waals surface area (Å²) in [5.74, 6) is 1.96. The van der Waals surface area contributed by atoms with Crippen LogP contribution in [0.2, 0.25) is 0 Å². The lowest BCUT2D eigenvalue weighted by Gasteiger charge is -2.31. The predicted molar refractivity (Wildman–Crippen MR) is 91.7 cm³/mol. The van der Waals surface area contributed by atoms with Gasteiger partial charge in [-0.2, -0.15) is 16.1 Å². The van der Waals surface area contributed by atoms with Crippen molar-refractivity contribution >= 4 is 21.8 Å². The van der Waals surface area contributed by atoms with Gasteiger partial charge in [0.15, 0.2) is 0 Å². The van der Waals surface area contributed by atoms with E-state index in [1.807, 2.05) is 17.8 Å². The number of rotatable bonds is 4.